The van der Waals surface area contributed by atoms with Gasteiger partial charge in [0.2, 0.25) is 0 Å². The number of likely N-dealkylation sites (N-methyl/N-ethyl adjacent to an activating group) is 1. The zero-order chi connectivity index (χ0) is 13.0. The molecular weight excluding hydrogens is 240 g/mol. The van der Waals surface area contributed by atoms with Gasteiger partial charge < -0.3 is 21.1 Å². The number of aliphatic hydroxyl groups is 1. The predicted octanol–water partition coefficient (Wildman–Crippen LogP) is 0.610. The molecule has 17 heavy (non-hydrogen) atoms. The van der Waals surface area contributed by atoms with Crippen molar-refractivity contribution in [3.63, 3.8) is 0 Å². The maximum absolute atomic E-state index is 11.9. The number of hydrogen-bond donors (Lipinski definition) is 3. The van der Waals surface area contributed by atoms with E-state index in [1.165, 1.54) is 16.2 Å². The van der Waals surface area contributed by atoms with E-state index in [4.69, 9.17) is 10.8 Å². The summed E-state index contributed by atoms with van der Waals surface area (Å²) >= 11 is 1.23. The van der Waals surface area contributed by atoms with E-state index < -0.39 is 0 Å². The van der Waals surface area contributed by atoms with Gasteiger partial charge in [-0.3, -0.25) is 4.79 Å². The molecule has 1 amide bonds. The minimum absolute atomic E-state index is 0.0714. The summed E-state index contributed by atoms with van der Waals surface area (Å²) in [5, 5.41) is 12.5. The third kappa shape index (κ3) is 3.57. The van der Waals surface area contributed by atoms with Gasteiger partial charge in [-0.2, -0.15) is 0 Å². The van der Waals surface area contributed by atoms with Crippen molar-refractivity contribution in [3.05, 3.63) is 4.88 Å². The first-order valence-electron chi connectivity index (χ1n) is 5.34. The fourth-order valence-electron chi connectivity index (χ4n) is 1.22. The van der Waals surface area contributed by atoms with Crippen LogP contribution in [0.2, 0.25) is 0 Å². The van der Waals surface area contributed by atoms with Gasteiger partial charge in [0, 0.05) is 19.6 Å². The van der Waals surface area contributed by atoms with Crippen LogP contribution in [0.5, 0.6) is 0 Å². The third-order valence-electron chi connectivity index (χ3n) is 2.04. The van der Waals surface area contributed by atoms with E-state index in [1.807, 2.05) is 13.8 Å². The smallest absolute Gasteiger partial charge is 0.267 e. The fraction of sp³-hybridized carbons (Fsp3) is 0.600. The molecule has 1 heterocycles. The van der Waals surface area contributed by atoms with E-state index in [0.29, 0.717) is 10.0 Å². The quantitative estimate of drug-likeness (QED) is 0.719. The van der Waals surface area contributed by atoms with Crippen molar-refractivity contribution in [1.82, 2.24) is 9.88 Å². The SMILES string of the molecule is CC(C)Nc1nc(N)c(C(=O)N(C)CCO)s1. The number of nitrogens with one attached hydrogen (secondary N) is 1. The summed E-state index contributed by atoms with van der Waals surface area (Å²) in [6, 6.07) is 0.235. The van der Waals surface area contributed by atoms with Crippen LogP contribution in [0, 0.1) is 0 Å². The van der Waals surface area contributed by atoms with E-state index in [9.17, 15) is 4.79 Å². The van der Waals surface area contributed by atoms with Crippen LogP contribution in [0.4, 0.5) is 10.9 Å². The Bertz CT molecular complexity index is 392. The molecule has 0 unspecified atom stereocenters. The van der Waals surface area contributed by atoms with Crippen LogP contribution in [0.15, 0.2) is 0 Å². The molecule has 0 fully saturated rings. The number of thiazole rings is 1. The molecule has 0 atom stereocenters. The Hall–Kier alpha value is -1.34. The van der Waals surface area contributed by atoms with Crippen LogP contribution in [0.3, 0.4) is 0 Å². The number of nitrogens with zero attached hydrogens (tertiary/aromatic N) is 2. The zero-order valence-electron chi connectivity index (χ0n) is 10.2. The maximum atomic E-state index is 11.9. The van der Waals surface area contributed by atoms with Gasteiger partial charge in [0.1, 0.15) is 10.7 Å². The Morgan fingerprint density at radius 2 is 2.29 bits per heavy atom. The van der Waals surface area contributed by atoms with Crippen molar-refractivity contribution < 1.29 is 9.90 Å². The summed E-state index contributed by atoms with van der Waals surface area (Å²) in [4.78, 5) is 17.8. The summed E-state index contributed by atoms with van der Waals surface area (Å²) in [5.74, 6) is 0.0128. The molecule has 7 heteroatoms. The lowest BCUT2D eigenvalue weighted by Gasteiger charge is -2.14. The summed E-state index contributed by atoms with van der Waals surface area (Å²) in [7, 11) is 1.62. The van der Waals surface area contributed by atoms with Gasteiger partial charge in [0.15, 0.2) is 5.13 Å². The molecule has 0 saturated heterocycles. The highest BCUT2D eigenvalue weighted by Gasteiger charge is 2.19. The number of nitrogens with two attached hydrogens (primary N) is 1. The van der Waals surface area contributed by atoms with Crippen molar-refractivity contribution in [3.8, 4) is 0 Å². The molecule has 0 bridgehead atoms. The monoisotopic (exact) mass is 258 g/mol. The molecule has 0 saturated carbocycles. The molecule has 0 aromatic carbocycles. The summed E-state index contributed by atoms with van der Waals surface area (Å²) in [6.45, 7) is 4.18. The molecule has 0 aliphatic rings. The summed E-state index contributed by atoms with van der Waals surface area (Å²) < 4.78 is 0. The van der Waals surface area contributed by atoms with Gasteiger partial charge in [-0.15, -0.1) is 0 Å². The first kappa shape index (κ1) is 13.7. The van der Waals surface area contributed by atoms with Crippen molar-refractivity contribution in [2.24, 2.45) is 0 Å². The van der Waals surface area contributed by atoms with Crippen molar-refractivity contribution in [2.75, 3.05) is 31.2 Å². The van der Waals surface area contributed by atoms with E-state index in [1.54, 1.807) is 7.05 Å². The number of anilines is 2. The van der Waals surface area contributed by atoms with Crippen molar-refractivity contribution in [1.29, 1.82) is 0 Å². The molecule has 0 radical (unpaired) electrons. The molecule has 1 aromatic heterocycles. The molecule has 1 rings (SSSR count). The Morgan fingerprint density at radius 3 is 2.82 bits per heavy atom. The van der Waals surface area contributed by atoms with E-state index in [0.717, 1.165) is 0 Å². The predicted molar refractivity (Wildman–Crippen MR) is 69.3 cm³/mol. The number of rotatable bonds is 5. The third-order valence-corrected chi connectivity index (χ3v) is 3.03. The Kier molecular flexibility index (Phi) is 4.71. The Balaban J connectivity index is 2.83. The number of amides is 1. The molecule has 1 aromatic rings. The van der Waals surface area contributed by atoms with Crippen LogP contribution < -0.4 is 11.1 Å². The largest absolute Gasteiger partial charge is 0.395 e. The second-order valence-electron chi connectivity index (χ2n) is 3.98. The first-order valence-corrected chi connectivity index (χ1v) is 6.16. The van der Waals surface area contributed by atoms with Crippen LogP contribution in [-0.2, 0) is 0 Å². The van der Waals surface area contributed by atoms with Gasteiger partial charge in [0.25, 0.3) is 5.91 Å². The minimum atomic E-state index is -0.217. The van der Waals surface area contributed by atoms with Crippen LogP contribution >= 0.6 is 11.3 Å². The highest BCUT2D eigenvalue weighted by molar-refractivity contribution is 7.18. The molecular formula is C10H18N4O2S. The second kappa shape index (κ2) is 5.83. The number of hydrogen-bond acceptors (Lipinski definition) is 6. The summed E-state index contributed by atoms with van der Waals surface area (Å²) in [6.07, 6.45) is 0. The molecule has 0 spiro atoms. The Morgan fingerprint density at radius 1 is 1.65 bits per heavy atom. The molecule has 4 N–H and O–H groups in total. The number of carbonyl (C=O) groups excluding carboxylic acids is 1. The van der Waals surface area contributed by atoms with Gasteiger partial charge in [-0.25, -0.2) is 4.98 Å². The van der Waals surface area contributed by atoms with E-state index in [2.05, 4.69) is 10.3 Å². The molecule has 6 nitrogen and oxygen atoms in total. The molecule has 0 aliphatic heterocycles. The van der Waals surface area contributed by atoms with Gasteiger partial charge >= 0.3 is 0 Å². The fourth-order valence-corrected chi connectivity index (χ4v) is 2.24. The molecule has 0 aliphatic carbocycles. The van der Waals surface area contributed by atoms with Crippen LogP contribution in [0.25, 0.3) is 0 Å². The van der Waals surface area contributed by atoms with Gasteiger partial charge in [-0.1, -0.05) is 11.3 Å². The number of aromatic nitrogens is 1. The number of carbonyl (C=O) groups is 1. The van der Waals surface area contributed by atoms with E-state index in [-0.39, 0.29) is 30.9 Å². The highest BCUT2D eigenvalue weighted by Crippen LogP contribution is 2.26. The number of aliphatic hydroxyl groups excluding tert-OH is 1. The zero-order valence-corrected chi connectivity index (χ0v) is 11.0. The lowest BCUT2D eigenvalue weighted by atomic mass is 10.4. The van der Waals surface area contributed by atoms with Gasteiger partial charge in [-0.05, 0) is 13.8 Å². The molecule has 96 valence electrons. The lowest BCUT2D eigenvalue weighted by Crippen LogP contribution is -2.29. The van der Waals surface area contributed by atoms with Crippen molar-refractivity contribution in [2.45, 2.75) is 19.9 Å². The average molecular weight is 258 g/mol. The van der Waals surface area contributed by atoms with Crippen LogP contribution in [-0.4, -0.2) is 47.1 Å². The summed E-state index contributed by atoms with van der Waals surface area (Å²) in [5.41, 5.74) is 5.70. The second-order valence-corrected chi connectivity index (χ2v) is 4.98. The minimum Gasteiger partial charge on any atom is -0.395 e. The average Bonchev–Trinajstić information content (AvgIpc) is 2.57. The van der Waals surface area contributed by atoms with Crippen LogP contribution in [0.1, 0.15) is 23.5 Å². The lowest BCUT2D eigenvalue weighted by molar-refractivity contribution is 0.0772. The number of nitrogen functional groups attached to an aromatic ring is 1. The standard InChI is InChI=1S/C10H18N4O2S/c1-6(2)12-10-13-8(11)7(17-10)9(16)14(3)4-5-15/h6,15H,4-5,11H2,1-3H3,(H,12,13). The van der Waals surface area contributed by atoms with E-state index >= 15 is 0 Å². The Labute approximate surface area is 104 Å². The first-order chi connectivity index (χ1) is 7.95. The topological polar surface area (TPSA) is 91.5 Å². The normalized spacial score (nSPS) is 10.6. The van der Waals surface area contributed by atoms with Crippen molar-refractivity contribution >= 4 is 28.2 Å². The van der Waals surface area contributed by atoms with Gasteiger partial charge in [0.05, 0.1) is 6.61 Å². The highest BCUT2D eigenvalue weighted by atomic mass is 32.1. The maximum Gasteiger partial charge on any atom is 0.267 e.